The Morgan fingerprint density at radius 2 is 2.24 bits per heavy atom. The molecule has 1 aliphatic rings. The van der Waals surface area contributed by atoms with Gasteiger partial charge < -0.3 is 0 Å². The van der Waals surface area contributed by atoms with E-state index in [1.54, 1.807) is 4.52 Å². The van der Waals surface area contributed by atoms with Gasteiger partial charge in [0.25, 0.3) is 0 Å². The molecular formula is C13H16ClN3. The third-order valence-electron chi connectivity index (χ3n) is 3.48. The maximum Gasteiger partial charge on any atom is 0.157 e. The third-order valence-corrected chi connectivity index (χ3v) is 3.75. The zero-order valence-electron chi connectivity index (χ0n) is 9.99. The van der Waals surface area contributed by atoms with Crippen molar-refractivity contribution in [3.63, 3.8) is 0 Å². The third kappa shape index (κ3) is 1.93. The summed E-state index contributed by atoms with van der Waals surface area (Å²) < 4.78 is 1.76. The predicted octanol–water partition coefficient (Wildman–Crippen LogP) is 3.60. The van der Waals surface area contributed by atoms with E-state index in [-0.39, 0.29) is 0 Å². The minimum atomic E-state index is 0.556. The van der Waals surface area contributed by atoms with Crippen molar-refractivity contribution in [1.82, 2.24) is 14.6 Å². The van der Waals surface area contributed by atoms with Crippen LogP contribution in [-0.4, -0.2) is 14.6 Å². The fraction of sp³-hybridized carbons (Fsp3) is 0.538. The number of hydrogen-bond donors (Lipinski definition) is 0. The van der Waals surface area contributed by atoms with Gasteiger partial charge in [-0.25, -0.2) is 9.50 Å². The second-order valence-electron chi connectivity index (χ2n) is 4.80. The molecular weight excluding hydrogens is 234 g/mol. The van der Waals surface area contributed by atoms with Crippen LogP contribution in [-0.2, 0) is 6.42 Å². The summed E-state index contributed by atoms with van der Waals surface area (Å²) in [5, 5.41) is 5.18. The summed E-state index contributed by atoms with van der Waals surface area (Å²) in [6.45, 7) is 2.17. The Kier molecular flexibility index (Phi) is 2.79. The normalized spacial score (nSPS) is 16.4. The van der Waals surface area contributed by atoms with Crippen LogP contribution in [0.3, 0.4) is 0 Å². The molecule has 0 aromatic carbocycles. The van der Waals surface area contributed by atoms with Crippen LogP contribution < -0.4 is 0 Å². The van der Waals surface area contributed by atoms with Crippen molar-refractivity contribution in [2.75, 3.05) is 0 Å². The van der Waals surface area contributed by atoms with Crippen molar-refractivity contribution in [3.05, 3.63) is 28.7 Å². The molecule has 0 radical (unpaired) electrons. The molecule has 0 aliphatic heterocycles. The van der Waals surface area contributed by atoms with E-state index in [1.165, 1.54) is 24.8 Å². The van der Waals surface area contributed by atoms with Gasteiger partial charge in [-0.3, -0.25) is 0 Å². The minimum Gasteiger partial charge on any atom is -0.212 e. The molecule has 4 heteroatoms. The first-order chi connectivity index (χ1) is 8.28. The van der Waals surface area contributed by atoms with Crippen LogP contribution in [0.1, 0.15) is 49.9 Å². The maximum absolute atomic E-state index is 6.24. The van der Waals surface area contributed by atoms with Gasteiger partial charge in [0.05, 0.1) is 0 Å². The summed E-state index contributed by atoms with van der Waals surface area (Å²) in [5.74, 6) is 1.52. The number of fused-ring (bicyclic) bond motifs is 1. The average Bonchev–Trinajstić information content (AvgIpc) is 2.59. The summed E-state index contributed by atoms with van der Waals surface area (Å²) in [6.07, 6.45) is 5.90. The van der Waals surface area contributed by atoms with E-state index in [0.717, 1.165) is 24.3 Å². The minimum absolute atomic E-state index is 0.556. The van der Waals surface area contributed by atoms with Crippen molar-refractivity contribution in [2.24, 2.45) is 0 Å². The molecule has 0 unspecified atom stereocenters. The molecule has 1 aliphatic carbocycles. The summed E-state index contributed by atoms with van der Waals surface area (Å²) in [6, 6.07) is 4.10. The Bertz CT molecular complexity index is 543. The van der Waals surface area contributed by atoms with Crippen LogP contribution in [0.2, 0.25) is 5.15 Å². The number of rotatable bonds is 3. The molecule has 90 valence electrons. The zero-order chi connectivity index (χ0) is 11.8. The van der Waals surface area contributed by atoms with Gasteiger partial charge in [-0.15, -0.1) is 5.10 Å². The van der Waals surface area contributed by atoms with E-state index >= 15 is 0 Å². The van der Waals surface area contributed by atoms with E-state index in [9.17, 15) is 0 Å². The van der Waals surface area contributed by atoms with Crippen molar-refractivity contribution in [3.8, 4) is 0 Å². The van der Waals surface area contributed by atoms with Gasteiger partial charge in [0.2, 0.25) is 0 Å². The topological polar surface area (TPSA) is 30.2 Å². The van der Waals surface area contributed by atoms with Crippen LogP contribution >= 0.6 is 11.6 Å². The van der Waals surface area contributed by atoms with Gasteiger partial charge in [-0.2, -0.15) is 0 Å². The van der Waals surface area contributed by atoms with E-state index in [1.807, 2.05) is 6.07 Å². The lowest BCUT2D eigenvalue weighted by Gasteiger charge is -2.21. The van der Waals surface area contributed by atoms with Gasteiger partial charge in [0.1, 0.15) is 5.15 Å². The molecule has 0 amide bonds. The van der Waals surface area contributed by atoms with Crippen molar-refractivity contribution in [1.29, 1.82) is 0 Å². The highest BCUT2D eigenvalue weighted by molar-refractivity contribution is 6.29. The van der Waals surface area contributed by atoms with E-state index in [2.05, 4.69) is 23.1 Å². The largest absolute Gasteiger partial charge is 0.212 e. The lowest BCUT2D eigenvalue weighted by Crippen LogP contribution is -2.10. The van der Waals surface area contributed by atoms with Crippen LogP contribution in [0, 0.1) is 0 Å². The Morgan fingerprint density at radius 1 is 1.41 bits per heavy atom. The smallest absolute Gasteiger partial charge is 0.157 e. The Labute approximate surface area is 106 Å². The first-order valence-corrected chi connectivity index (χ1v) is 6.71. The van der Waals surface area contributed by atoms with E-state index < -0.39 is 0 Å². The van der Waals surface area contributed by atoms with E-state index in [0.29, 0.717) is 11.1 Å². The highest BCUT2D eigenvalue weighted by atomic mass is 35.5. The monoisotopic (exact) mass is 249 g/mol. The molecule has 0 spiro atoms. The number of pyridine rings is 1. The van der Waals surface area contributed by atoms with Gasteiger partial charge in [0, 0.05) is 5.92 Å². The Morgan fingerprint density at radius 3 is 2.88 bits per heavy atom. The first-order valence-electron chi connectivity index (χ1n) is 6.33. The number of aromatic nitrogens is 3. The molecule has 0 N–H and O–H groups in total. The first kappa shape index (κ1) is 11.0. The number of hydrogen-bond acceptors (Lipinski definition) is 2. The number of nitrogens with zero attached hydrogens (tertiary/aromatic N) is 3. The average molecular weight is 250 g/mol. The molecule has 0 saturated heterocycles. The van der Waals surface area contributed by atoms with Gasteiger partial charge in [-0.05, 0) is 37.0 Å². The highest BCUT2D eigenvalue weighted by Gasteiger charge is 2.24. The zero-order valence-corrected chi connectivity index (χ0v) is 10.7. The Balaban J connectivity index is 2.04. The van der Waals surface area contributed by atoms with Crippen molar-refractivity contribution < 1.29 is 0 Å². The van der Waals surface area contributed by atoms with Crippen LogP contribution in [0.4, 0.5) is 0 Å². The molecule has 17 heavy (non-hydrogen) atoms. The number of aryl methyl sites for hydroxylation is 1. The maximum atomic E-state index is 6.24. The fourth-order valence-corrected chi connectivity index (χ4v) is 2.55. The standard InChI is InChI=1S/C13H16ClN3/c1-2-4-9-7-11(14)17-12(8-9)15-13(16-17)10-5-3-6-10/h7-8,10H,2-6H2,1H3. The molecule has 2 aromatic rings. The lowest BCUT2D eigenvalue weighted by atomic mass is 9.85. The van der Waals surface area contributed by atoms with Gasteiger partial charge >= 0.3 is 0 Å². The second-order valence-corrected chi connectivity index (χ2v) is 5.19. The molecule has 3 rings (SSSR count). The lowest BCUT2D eigenvalue weighted by molar-refractivity contribution is 0.402. The molecule has 2 aromatic heterocycles. The second kappa shape index (κ2) is 4.30. The van der Waals surface area contributed by atoms with Gasteiger partial charge in [0.15, 0.2) is 11.5 Å². The van der Waals surface area contributed by atoms with Crippen LogP contribution in [0.5, 0.6) is 0 Å². The molecule has 1 fully saturated rings. The molecule has 2 heterocycles. The van der Waals surface area contributed by atoms with E-state index in [4.69, 9.17) is 11.6 Å². The highest BCUT2D eigenvalue weighted by Crippen LogP contribution is 2.34. The molecule has 1 saturated carbocycles. The van der Waals surface area contributed by atoms with Crippen molar-refractivity contribution in [2.45, 2.75) is 44.9 Å². The summed E-state index contributed by atoms with van der Waals surface area (Å²) in [5.41, 5.74) is 2.14. The van der Waals surface area contributed by atoms with Crippen LogP contribution in [0.25, 0.3) is 5.65 Å². The summed E-state index contributed by atoms with van der Waals surface area (Å²) in [4.78, 5) is 4.61. The predicted molar refractivity (Wildman–Crippen MR) is 68.6 cm³/mol. The molecule has 0 bridgehead atoms. The van der Waals surface area contributed by atoms with Crippen molar-refractivity contribution >= 4 is 17.2 Å². The Hall–Kier alpha value is -1.09. The quantitative estimate of drug-likeness (QED) is 0.778. The SMILES string of the molecule is CCCc1cc(Cl)n2nc(C3CCC3)nc2c1. The van der Waals surface area contributed by atoms with Gasteiger partial charge in [-0.1, -0.05) is 31.4 Å². The number of halogens is 1. The summed E-state index contributed by atoms with van der Waals surface area (Å²) in [7, 11) is 0. The fourth-order valence-electron chi connectivity index (χ4n) is 2.29. The summed E-state index contributed by atoms with van der Waals surface area (Å²) >= 11 is 6.24. The van der Waals surface area contributed by atoms with Crippen LogP contribution in [0.15, 0.2) is 12.1 Å². The molecule has 0 atom stereocenters. The molecule has 3 nitrogen and oxygen atoms in total.